The topological polar surface area (TPSA) is 122 Å². The van der Waals surface area contributed by atoms with E-state index in [9.17, 15) is 14.7 Å². The van der Waals surface area contributed by atoms with E-state index in [1.54, 1.807) is 51.5 Å². The molecule has 0 saturated heterocycles. The highest BCUT2D eigenvalue weighted by molar-refractivity contribution is 5.95. The fraction of sp³-hybridized carbons (Fsp3) is 0.267. The van der Waals surface area contributed by atoms with Crippen molar-refractivity contribution in [3.05, 3.63) is 90.4 Å². The monoisotopic (exact) mass is 520 g/mol. The normalized spacial score (nSPS) is 15.3. The first kappa shape index (κ1) is 24.7. The van der Waals surface area contributed by atoms with E-state index in [4.69, 9.17) is 0 Å². The number of nitrogens with zero attached hydrogens (tertiary/aromatic N) is 5. The van der Waals surface area contributed by atoms with Crippen LogP contribution >= 0.6 is 0 Å². The first-order valence-electron chi connectivity index (χ1n) is 12.8. The molecule has 1 aliphatic rings. The molecule has 0 spiro atoms. The minimum absolute atomic E-state index is 0.127. The van der Waals surface area contributed by atoms with Gasteiger partial charge < -0.3 is 10.4 Å². The summed E-state index contributed by atoms with van der Waals surface area (Å²) in [4.78, 5) is 42.2. The largest absolute Gasteiger partial charge is 0.480 e. The third kappa shape index (κ3) is 4.39. The van der Waals surface area contributed by atoms with Crippen LogP contribution in [-0.4, -0.2) is 47.4 Å². The number of carbonyl (C=O) groups is 2. The molecule has 1 aliphatic carbocycles. The number of imidazole rings is 1. The Labute approximate surface area is 225 Å². The minimum Gasteiger partial charge on any atom is -0.480 e. The molecule has 1 atom stereocenters. The first-order valence-corrected chi connectivity index (χ1v) is 12.8. The molecule has 39 heavy (non-hydrogen) atoms. The van der Waals surface area contributed by atoms with Gasteiger partial charge in [-0.3, -0.25) is 19.2 Å². The summed E-state index contributed by atoms with van der Waals surface area (Å²) in [6.07, 6.45) is 11.1. The van der Waals surface area contributed by atoms with Gasteiger partial charge in [0.2, 0.25) is 5.78 Å². The summed E-state index contributed by atoms with van der Waals surface area (Å²) < 4.78 is 2.04. The molecule has 1 fully saturated rings. The Balaban J connectivity index is 1.30. The van der Waals surface area contributed by atoms with Crippen LogP contribution in [0.3, 0.4) is 0 Å². The Bertz CT molecular complexity index is 1730. The number of hydrogen-bond acceptors (Lipinski definition) is 6. The molecule has 9 heteroatoms. The molecule has 0 bridgehead atoms. The Kier molecular flexibility index (Phi) is 5.67. The maximum absolute atomic E-state index is 12.7. The van der Waals surface area contributed by atoms with E-state index in [1.807, 2.05) is 22.9 Å². The highest BCUT2D eigenvalue weighted by atomic mass is 16.4. The van der Waals surface area contributed by atoms with Gasteiger partial charge in [-0.05, 0) is 48.1 Å². The Morgan fingerprint density at radius 2 is 1.74 bits per heavy atom. The second-order valence-corrected chi connectivity index (χ2v) is 11.2. The fourth-order valence-electron chi connectivity index (χ4n) is 5.12. The summed E-state index contributed by atoms with van der Waals surface area (Å²) in [6, 6.07) is 12.8. The lowest BCUT2D eigenvalue weighted by Gasteiger charge is -2.27. The molecule has 196 valence electrons. The van der Waals surface area contributed by atoms with Crippen LogP contribution in [0.4, 0.5) is 0 Å². The Morgan fingerprint density at radius 1 is 0.974 bits per heavy atom. The van der Waals surface area contributed by atoms with E-state index < -0.39 is 23.3 Å². The summed E-state index contributed by atoms with van der Waals surface area (Å²) in [7, 11) is 0. The summed E-state index contributed by atoms with van der Waals surface area (Å²) in [6.45, 7) is 5.29. The number of amides is 1. The van der Waals surface area contributed by atoms with Crippen LogP contribution in [0.15, 0.2) is 73.4 Å². The summed E-state index contributed by atoms with van der Waals surface area (Å²) >= 11 is 0. The standard InChI is InChI=1S/C30H28N6O3/c1-29(2,3)25(27(38)39)35-26(37)23-8-6-19(14-32-23)20-15-33-28-34-16-24(36(28)17-20)30(10-11-30)21-7-9-22-18(13-21)5-4-12-31-22/h4-9,12-17,25H,10-11H2,1-3H3,(H,35,37)(H,38,39)/t25-/m1/s1. The number of benzene rings is 1. The number of aromatic nitrogens is 5. The minimum atomic E-state index is -1.09. The number of pyridine rings is 2. The summed E-state index contributed by atoms with van der Waals surface area (Å²) in [5.74, 6) is -0.999. The molecule has 0 unspecified atom stereocenters. The van der Waals surface area contributed by atoms with E-state index in [0.717, 1.165) is 40.6 Å². The molecule has 1 aromatic carbocycles. The van der Waals surface area contributed by atoms with Crippen molar-refractivity contribution in [3.63, 3.8) is 0 Å². The zero-order valence-electron chi connectivity index (χ0n) is 21.9. The fourth-order valence-corrected chi connectivity index (χ4v) is 5.12. The van der Waals surface area contributed by atoms with E-state index in [1.165, 1.54) is 5.56 Å². The number of nitrogens with one attached hydrogen (secondary N) is 1. The van der Waals surface area contributed by atoms with E-state index in [0.29, 0.717) is 5.78 Å². The molecule has 9 nitrogen and oxygen atoms in total. The first-order chi connectivity index (χ1) is 18.7. The maximum atomic E-state index is 12.7. The van der Waals surface area contributed by atoms with Crippen molar-refractivity contribution in [2.24, 2.45) is 5.41 Å². The second-order valence-electron chi connectivity index (χ2n) is 11.2. The van der Waals surface area contributed by atoms with Crippen molar-refractivity contribution in [1.82, 2.24) is 29.7 Å². The van der Waals surface area contributed by atoms with Crippen LogP contribution in [0, 0.1) is 5.41 Å². The van der Waals surface area contributed by atoms with Gasteiger partial charge >= 0.3 is 5.97 Å². The average Bonchev–Trinajstić information content (AvgIpc) is 3.62. The van der Waals surface area contributed by atoms with E-state index in [2.05, 4.69) is 49.5 Å². The van der Waals surface area contributed by atoms with Crippen LogP contribution in [0.25, 0.3) is 27.8 Å². The quantitative estimate of drug-likeness (QED) is 0.334. The van der Waals surface area contributed by atoms with Crippen molar-refractivity contribution in [2.75, 3.05) is 0 Å². The third-order valence-electron chi connectivity index (χ3n) is 7.48. The van der Waals surface area contributed by atoms with Crippen molar-refractivity contribution in [1.29, 1.82) is 0 Å². The lowest BCUT2D eigenvalue weighted by Crippen LogP contribution is -2.49. The van der Waals surface area contributed by atoms with Gasteiger partial charge in [0, 0.05) is 46.7 Å². The van der Waals surface area contributed by atoms with Gasteiger partial charge in [0.25, 0.3) is 5.91 Å². The summed E-state index contributed by atoms with van der Waals surface area (Å²) in [5, 5.41) is 13.2. The molecule has 4 aromatic heterocycles. The maximum Gasteiger partial charge on any atom is 0.326 e. The van der Waals surface area contributed by atoms with E-state index in [-0.39, 0.29) is 11.1 Å². The molecule has 1 amide bonds. The van der Waals surface area contributed by atoms with Gasteiger partial charge in [-0.25, -0.2) is 14.8 Å². The molecular weight excluding hydrogens is 492 g/mol. The van der Waals surface area contributed by atoms with Gasteiger partial charge in [0.15, 0.2) is 0 Å². The van der Waals surface area contributed by atoms with Crippen LogP contribution in [0.5, 0.6) is 0 Å². The number of aliphatic carboxylic acids is 1. The molecule has 5 aromatic rings. The van der Waals surface area contributed by atoms with Gasteiger partial charge in [-0.15, -0.1) is 0 Å². The molecule has 0 aliphatic heterocycles. The molecule has 6 rings (SSSR count). The lowest BCUT2D eigenvalue weighted by atomic mass is 9.86. The number of carboxylic acids is 1. The van der Waals surface area contributed by atoms with Crippen molar-refractivity contribution in [2.45, 2.75) is 45.1 Å². The number of carbonyl (C=O) groups excluding carboxylic acids is 1. The van der Waals surface area contributed by atoms with Gasteiger partial charge in [-0.2, -0.15) is 0 Å². The highest BCUT2D eigenvalue weighted by Gasteiger charge is 2.48. The van der Waals surface area contributed by atoms with Crippen molar-refractivity contribution >= 4 is 28.6 Å². The number of rotatable bonds is 6. The predicted octanol–water partition coefficient (Wildman–Crippen LogP) is 4.65. The predicted molar refractivity (Wildman–Crippen MR) is 146 cm³/mol. The molecule has 0 radical (unpaired) electrons. The van der Waals surface area contributed by atoms with Gasteiger partial charge in [-0.1, -0.05) is 39.0 Å². The van der Waals surface area contributed by atoms with Crippen molar-refractivity contribution < 1.29 is 14.7 Å². The Morgan fingerprint density at radius 3 is 2.44 bits per heavy atom. The second kappa shape index (κ2) is 8.97. The number of carboxylic acid groups (broad SMARTS) is 1. The smallest absolute Gasteiger partial charge is 0.326 e. The molecule has 4 heterocycles. The SMILES string of the molecule is CC(C)(C)[C@H](NC(=O)c1ccc(-c2cnc3ncc(C4(c5ccc6ncccc6c5)CC4)n3c2)cn1)C(=O)O. The van der Waals surface area contributed by atoms with E-state index >= 15 is 0 Å². The zero-order chi connectivity index (χ0) is 27.4. The average molecular weight is 521 g/mol. The molecular formula is C30H28N6O3. The van der Waals surface area contributed by atoms with Crippen LogP contribution in [-0.2, 0) is 10.2 Å². The van der Waals surface area contributed by atoms with Crippen molar-refractivity contribution in [3.8, 4) is 11.1 Å². The molecule has 1 saturated carbocycles. The Hall–Kier alpha value is -4.66. The lowest BCUT2D eigenvalue weighted by molar-refractivity contribution is -0.142. The highest BCUT2D eigenvalue weighted by Crippen LogP contribution is 2.53. The van der Waals surface area contributed by atoms with Gasteiger partial charge in [0.1, 0.15) is 11.7 Å². The summed E-state index contributed by atoms with van der Waals surface area (Å²) in [5.41, 5.74) is 4.29. The molecule has 2 N–H and O–H groups in total. The van der Waals surface area contributed by atoms with Gasteiger partial charge in [0.05, 0.1) is 17.4 Å². The number of hydrogen-bond donors (Lipinski definition) is 2. The van der Waals surface area contributed by atoms with Crippen LogP contribution in [0.1, 0.15) is 55.4 Å². The van der Waals surface area contributed by atoms with Crippen LogP contribution < -0.4 is 5.32 Å². The number of fused-ring (bicyclic) bond motifs is 2. The third-order valence-corrected chi connectivity index (χ3v) is 7.48. The zero-order valence-corrected chi connectivity index (χ0v) is 21.9. The van der Waals surface area contributed by atoms with Crippen LogP contribution in [0.2, 0.25) is 0 Å².